The Labute approximate surface area is 180 Å². The number of hydrogen-bond acceptors (Lipinski definition) is 3. The van der Waals surface area contributed by atoms with Gasteiger partial charge in [0, 0.05) is 6.04 Å². The highest BCUT2D eigenvalue weighted by Crippen LogP contribution is 2.26. The number of benzene rings is 2. The average Bonchev–Trinajstić information content (AvgIpc) is 2.71. The van der Waals surface area contributed by atoms with Gasteiger partial charge >= 0.3 is 0 Å². The molecule has 6 heteroatoms. The molecule has 30 heavy (non-hydrogen) atoms. The van der Waals surface area contributed by atoms with E-state index in [-0.39, 0.29) is 23.4 Å². The first-order chi connectivity index (χ1) is 14.4. The molecule has 1 N–H and O–H groups in total. The molecule has 162 valence electrons. The molecule has 1 aliphatic carbocycles. The van der Waals surface area contributed by atoms with Crippen molar-refractivity contribution in [2.45, 2.75) is 69.7 Å². The van der Waals surface area contributed by atoms with Crippen molar-refractivity contribution >= 4 is 21.6 Å². The lowest BCUT2D eigenvalue weighted by molar-refractivity contribution is -0.120. The van der Waals surface area contributed by atoms with Crippen molar-refractivity contribution in [3.05, 3.63) is 59.7 Å². The summed E-state index contributed by atoms with van der Waals surface area (Å²) in [7, 11) is -3.86. The van der Waals surface area contributed by atoms with Gasteiger partial charge in [-0.2, -0.15) is 0 Å². The minimum atomic E-state index is -3.86. The average molecular weight is 429 g/mol. The topological polar surface area (TPSA) is 66.5 Å². The van der Waals surface area contributed by atoms with Gasteiger partial charge in [0.15, 0.2) is 0 Å². The first kappa shape index (κ1) is 22.3. The lowest BCUT2D eigenvalue weighted by Gasteiger charge is -2.27. The Bertz CT molecular complexity index is 950. The van der Waals surface area contributed by atoms with E-state index in [0.717, 1.165) is 36.8 Å². The van der Waals surface area contributed by atoms with Crippen molar-refractivity contribution in [2.75, 3.05) is 10.8 Å². The lowest BCUT2D eigenvalue weighted by Crippen LogP contribution is -2.44. The summed E-state index contributed by atoms with van der Waals surface area (Å²) in [6.07, 6.45) is 7.79. The van der Waals surface area contributed by atoms with Crippen LogP contribution >= 0.6 is 0 Å². The first-order valence-electron chi connectivity index (χ1n) is 10.8. The molecule has 0 bridgehead atoms. The second-order valence-electron chi connectivity index (χ2n) is 8.20. The number of carbonyl (C=O) groups excluding carboxylic acids is 1. The van der Waals surface area contributed by atoms with Crippen LogP contribution in [0.25, 0.3) is 0 Å². The first-order valence-corrected chi connectivity index (χ1v) is 12.3. The number of anilines is 1. The molecule has 1 aliphatic rings. The SMILES string of the molecule is Cc1ccc(N(CC(=O)NC2CCCCCCC2)S(=O)(=O)c2ccccc2)cc1C. The van der Waals surface area contributed by atoms with E-state index in [1.807, 2.05) is 26.0 Å². The van der Waals surface area contributed by atoms with Crippen LogP contribution in [0.3, 0.4) is 0 Å². The number of rotatable bonds is 6. The Balaban J connectivity index is 1.85. The fourth-order valence-corrected chi connectivity index (χ4v) is 5.35. The van der Waals surface area contributed by atoms with Crippen LogP contribution in [0.2, 0.25) is 0 Å². The molecule has 0 aliphatic heterocycles. The summed E-state index contributed by atoms with van der Waals surface area (Å²) < 4.78 is 28.0. The highest BCUT2D eigenvalue weighted by molar-refractivity contribution is 7.92. The molecule has 0 saturated heterocycles. The number of hydrogen-bond donors (Lipinski definition) is 1. The van der Waals surface area contributed by atoms with E-state index in [4.69, 9.17) is 0 Å². The van der Waals surface area contributed by atoms with Crippen LogP contribution in [-0.4, -0.2) is 26.9 Å². The number of aryl methyl sites for hydroxylation is 2. The standard InChI is InChI=1S/C24H32N2O3S/c1-19-15-16-22(17-20(19)2)26(30(28,29)23-13-9-6-10-14-23)18-24(27)25-21-11-7-4-3-5-8-12-21/h6,9-10,13-17,21H,3-5,7-8,11-12,18H2,1-2H3,(H,25,27). The summed E-state index contributed by atoms with van der Waals surface area (Å²) in [4.78, 5) is 13.1. The minimum Gasteiger partial charge on any atom is -0.352 e. The minimum absolute atomic E-state index is 0.124. The van der Waals surface area contributed by atoms with Gasteiger partial charge in [0.2, 0.25) is 5.91 Å². The van der Waals surface area contributed by atoms with Crippen LogP contribution in [-0.2, 0) is 14.8 Å². The van der Waals surface area contributed by atoms with Crippen molar-refractivity contribution in [3.8, 4) is 0 Å². The number of nitrogens with zero attached hydrogens (tertiary/aromatic N) is 1. The zero-order valence-corrected chi connectivity index (χ0v) is 18.7. The molecule has 5 nitrogen and oxygen atoms in total. The predicted octanol–water partition coefficient (Wildman–Crippen LogP) is 4.73. The fraction of sp³-hybridized carbons (Fsp3) is 0.458. The van der Waals surface area contributed by atoms with Crippen molar-refractivity contribution < 1.29 is 13.2 Å². The van der Waals surface area contributed by atoms with Crippen molar-refractivity contribution in [1.29, 1.82) is 0 Å². The van der Waals surface area contributed by atoms with E-state index >= 15 is 0 Å². The third-order valence-corrected chi connectivity index (χ3v) is 7.66. The molecule has 3 rings (SSSR count). The van der Waals surface area contributed by atoms with Crippen LogP contribution in [0.5, 0.6) is 0 Å². The summed E-state index contributed by atoms with van der Waals surface area (Å²) >= 11 is 0. The largest absolute Gasteiger partial charge is 0.352 e. The summed E-state index contributed by atoms with van der Waals surface area (Å²) in [5, 5.41) is 3.09. The summed E-state index contributed by atoms with van der Waals surface area (Å²) in [5.41, 5.74) is 2.57. The molecule has 0 spiro atoms. The monoisotopic (exact) mass is 428 g/mol. The molecule has 1 fully saturated rings. The molecule has 0 unspecified atom stereocenters. The van der Waals surface area contributed by atoms with Gasteiger partial charge in [0.25, 0.3) is 10.0 Å². The molecular weight excluding hydrogens is 396 g/mol. The highest BCUT2D eigenvalue weighted by Gasteiger charge is 2.28. The normalized spacial score (nSPS) is 15.8. The maximum absolute atomic E-state index is 13.4. The Kier molecular flexibility index (Phi) is 7.53. The second-order valence-corrected chi connectivity index (χ2v) is 10.1. The lowest BCUT2D eigenvalue weighted by atomic mass is 9.97. The predicted molar refractivity (Wildman–Crippen MR) is 121 cm³/mol. The Morgan fingerprint density at radius 1 is 0.933 bits per heavy atom. The molecule has 0 atom stereocenters. The molecule has 1 saturated carbocycles. The van der Waals surface area contributed by atoms with Crippen LogP contribution < -0.4 is 9.62 Å². The van der Waals surface area contributed by atoms with Gasteiger partial charge in [-0.15, -0.1) is 0 Å². The number of sulfonamides is 1. The van der Waals surface area contributed by atoms with E-state index in [0.29, 0.717) is 5.69 Å². The van der Waals surface area contributed by atoms with Crippen LogP contribution in [0, 0.1) is 13.8 Å². The van der Waals surface area contributed by atoms with Crippen molar-refractivity contribution in [3.63, 3.8) is 0 Å². The smallest absolute Gasteiger partial charge is 0.264 e. The molecule has 0 heterocycles. The Morgan fingerprint density at radius 2 is 1.57 bits per heavy atom. The third-order valence-electron chi connectivity index (χ3n) is 5.87. The number of nitrogens with one attached hydrogen (secondary N) is 1. The maximum Gasteiger partial charge on any atom is 0.264 e. The van der Waals surface area contributed by atoms with Crippen LogP contribution in [0.4, 0.5) is 5.69 Å². The fourth-order valence-electron chi connectivity index (χ4n) is 3.92. The summed E-state index contributed by atoms with van der Waals surface area (Å²) in [6.45, 7) is 3.70. The van der Waals surface area contributed by atoms with Gasteiger partial charge in [-0.25, -0.2) is 8.42 Å². The number of amides is 1. The number of carbonyl (C=O) groups is 1. The molecular formula is C24H32N2O3S. The van der Waals surface area contributed by atoms with Gasteiger partial charge in [-0.3, -0.25) is 9.10 Å². The van der Waals surface area contributed by atoms with Crippen LogP contribution in [0.15, 0.2) is 53.4 Å². The van der Waals surface area contributed by atoms with E-state index in [1.54, 1.807) is 36.4 Å². The third kappa shape index (κ3) is 5.63. The summed E-state index contributed by atoms with van der Waals surface area (Å²) in [6, 6.07) is 13.9. The highest BCUT2D eigenvalue weighted by atomic mass is 32.2. The summed E-state index contributed by atoms with van der Waals surface area (Å²) in [5.74, 6) is -0.252. The maximum atomic E-state index is 13.4. The van der Waals surface area contributed by atoms with Gasteiger partial charge in [0.05, 0.1) is 10.6 Å². The Hall–Kier alpha value is -2.34. The van der Waals surface area contributed by atoms with Crippen molar-refractivity contribution in [1.82, 2.24) is 5.32 Å². The zero-order chi connectivity index (χ0) is 21.6. The van der Waals surface area contributed by atoms with Gasteiger partial charge in [-0.1, -0.05) is 56.4 Å². The van der Waals surface area contributed by atoms with Gasteiger partial charge in [-0.05, 0) is 62.1 Å². The molecule has 0 aromatic heterocycles. The molecule has 2 aromatic rings. The molecule has 2 aromatic carbocycles. The molecule has 1 amide bonds. The zero-order valence-electron chi connectivity index (χ0n) is 17.9. The van der Waals surface area contributed by atoms with E-state index in [1.165, 1.54) is 23.6 Å². The van der Waals surface area contributed by atoms with Crippen LogP contribution in [0.1, 0.15) is 56.1 Å². The van der Waals surface area contributed by atoms with Crippen molar-refractivity contribution in [2.24, 2.45) is 0 Å². The van der Waals surface area contributed by atoms with E-state index in [2.05, 4.69) is 5.32 Å². The second kappa shape index (κ2) is 10.1. The molecule has 0 radical (unpaired) electrons. The van der Waals surface area contributed by atoms with E-state index in [9.17, 15) is 13.2 Å². The van der Waals surface area contributed by atoms with E-state index < -0.39 is 10.0 Å². The van der Waals surface area contributed by atoms with Gasteiger partial charge < -0.3 is 5.32 Å². The quantitative estimate of drug-likeness (QED) is 0.723. The Morgan fingerprint density at radius 3 is 2.20 bits per heavy atom. The van der Waals surface area contributed by atoms with Gasteiger partial charge in [0.1, 0.15) is 6.54 Å².